The summed E-state index contributed by atoms with van der Waals surface area (Å²) in [6.07, 6.45) is 2.49. The molecule has 1 aromatic rings. The molecule has 1 aliphatic rings. The SMILES string of the molecule is COc1ccc(C(=O)NC(C)(C)CC(C)(C)C)cc1S(=O)(=O)N1CCCC1. The summed E-state index contributed by atoms with van der Waals surface area (Å²) in [7, 11) is -2.25. The van der Waals surface area contributed by atoms with Gasteiger partial charge in [0.25, 0.3) is 5.91 Å². The molecule has 0 radical (unpaired) electrons. The molecular formula is C20H32N2O4S. The molecule has 2 rings (SSSR count). The van der Waals surface area contributed by atoms with Crippen molar-refractivity contribution in [3.8, 4) is 5.75 Å². The first-order valence-corrected chi connectivity index (χ1v) is 10.8. The van der Waals surface area contributed by atoms with E-state index in [9.17, 15) is 13.2 Å². The number of ether oxygens (including phenoxy) is 1. The van der Waals surface area contributed by atoms with Crippen LogP contribution in [0, 0.1) is 5.41 Å². The lowest BCUT2D eigenvalue weighted by atomic mass is 9.81. The van der Waals surface area contributed by atoms with Crippen molar-refractivity contribution in [3.63, 3.8) is 0 Å². The van der Waals surface area contributed by atoms with E-state index in [0.717, 1.165) is 19.3 Å². The number of carbonyl (C=O) groups is 1. The van der Waals surface area contributed by atoms with Gasteiger partial charge in [-0.2, -0.15) is 4.31 Å². The molecule has 1 aromatic carbocycles. The highest BCUT2D eigenvalue weighted by molar-refractivity contribution is 7.89. The van der Waals surface area contributed by atoms with Gasteiger partial charge in [-0.3, -0.25) is 4.79 Å². The molecule has 1 fully saturated rings. The van der Waals surface area contributed by atoms with Gasteiger partial charge in [0.2, 0.25) is 10.0 Å². The van der Waals surface area contributed by atoms with Gasteiger partial charge >= 0.3 is 0 Å². The number of nitrogens with zero attached hydrogens (tertiary/aromatic N) is 1. The minimum atomic E-state index is -3.68. The van der Waals surface area contributed by atoms with Gasteiger partial charge in [-0.1, -0.05) is 20.8 Å². The molecule has 1 saturated heterocycles. The summed E-state index contributed by atoms with van der Waals surface area (Å²) in [6.45, 7) is 11.3. The molecule has 27 heavy (non-hydrogen) atoms. The van der Waals surface area contributed by atoms with Crippen molar-refractivity contribution < 1.29 is 17.9 Å². The van der Waals surface area contributed by atoms with E-state index in [-0.39, 0.29) is 22.0 Å². The van der Waals surface area contributed by atoms with Gasteiger partial charge < -0.3 is 10.1 Å². The van der Waals surface area contributed by atoms with Crippen LogP contribution < -0.4 is 10.1 Å². The molecule has 0 spiro atoms. The Balaban J connectivity index is 2.32. The third-order valence-corrected chi connectivity index (χ3v) is 6.45. The Kier molecular flexibility index (Phi) is 6.26. The fourth-order valence-electron chi connectivity index (χ4n) is 3.84. The molecule has 7 heteroatoms. The second-order valence-corrected chi connectivity index (χ2v) is 11.0. The maximum atomic E-state index is 13.0. The number of sulfonamides is 1. The van der Waals surface area contributed by atoms with Crippen LogP contribution in [0.4, 0.5) is 0 Å². The number of hydrogen-bond donors (Lipinski definition) is 1. The normalized spacial score (nSPS) is 16.4. The molecule has 6 nitrogen and oxygen atoms in total. The number of hydrogen-bond acceptors (Lipinski definition) is 4. The van der Waals surface area contributed by atoms with Crippen LogP contribution in [0.25, 0.3) is 0 Å². The number of carbonyl (C=O) groups excluding carboxylic acids is 1. The van der Waals surface area contributed by atoms with Gasteiger partial charge in [0, 0.05) is 24.2 Å². The molecule has 152 valence electrons. The molecule has 0 aromatic heterocycles. The minimum Gasteiger partial charge on any atom is -0.495 e. The first kappa shape index (κ1) is 21.7. The monoisotopic (exact) mass is 396 g/mol. The first-order valence-electron chi connectivity index (χ1n) is 9.36. The summed E-state index contributed by atoms with van der Waals surface area (Å²) in [5.74, 6) is -0.0304. The number of amides is 1. The van der Waals surface area contributed by atoms with Crippen molar-refractivity contribution in [2.24, 2.45) is 5.41 Å². The van der Waals surface area contributed by atoms with E-state index in [1.54, 1.807) is 12.1 Å². The topological polar surface area (TPSA) is 75.7 Å². The predicted octanol–water partition coefficient (Wildman–Crippen LogP) is 3.42. The van der Waals surface area contributed by atoms with E-state index in [0.29, 0.717) is 18.7 Å². The van der Waals surface area contributed by atoms with E-state index in [4.69, 9.17) is 4.74 Å². The van der Waals surface area contributed by atoms with Crippen molar-refractivity contribution in [1.29, 1.82) is 0 Å². The average Bonchev–Trinajstić information content (AvgIpc) is 3.06. The molecular weight excluding hydrogens is 364 g/mol. The zero-order valence-corrected chi connectivity index (χ0v) is 18.1. The minimum absolute atomic E-state index is 0.0492. The van der Waals surface area contributed by atoms with E-state index in [1.807, 2.05) is 13.8 Å². The van der Waals surface area contributed by atoms with E-state index >= 15 is 0 Å². The van der Waals surface area contributed by atoms with Crippen molar-refractivity contribution in [2.75, 3.05) is 20.2 Å². The summed E-state index contributed by atoms with van der Waals surface area (Å²) in [5, 5.41) is 3.03. The van der Waals surface area contributed by atoms with Crippen molar-refractivity contribution >= 4 is 15.9 Å². The Morgan fingerprint density at radius 2 is 1.74 bits per heavy atom. The predicted molar refractivity (Wildman–Crippen MR) is 107 cm³/mol. The van der Waals surface area contributed by atoms with Crippen LogP contribution in [0.3, 0.4) is 0 Å². The summed E-state index contributed by atoms with van der Waals surface area (Å²) >= 11 is 0. The number of nitrogens with one attached hydrogen (secondary N) is 1. The molecule has 0 aliphatic carbocycles. The highest BCUT2D eigenvalue weighted by atomic mass is 32.2. The second kappa shape index (κ2) is 7.80. The van der Waals surface area contributed by atoms with Gasteiger partial charge in [-0.15, -0.1) is 0 Å². The highest BCUT2D eigenvalue weighted by Gasteiger charge is 2.32. The third kappa shape index (κ3) is 5.45. The van der Waals surface area contributed by atoms with Crippen LogP contribution in [-0.2, 0) is 10.0 Å². The standard InChI is InChI=1S/C20H32N2O4S/c1-19(2,3)14-20(4,5)21-18(23)15-9-10-16(26-6)17(13-15)27(24,25)22-11-7-8-12-22/h9-10,13H,7-8,11-12,14H2,1-6H3,(H,21,23). The third-order valence-electron chi connectivity index (χ3n) is 4.53. The lowest BCUT2D eigenvalue weighted by molar-refractivity contribution is 0.0891. The van der Waals surface area contributed by atoms with Crippen molar-refractivity contribution in [3.05, 3.63) is 23.8 Å². The maximum Gasteiger partial charge on any atom is 0.251 e. The molecule has 1 amide bonds. The quantitative estimate of drug-likeness (QED) is 0.799. The van der Waals surface area contributed by atoms with Crippen LogP contribution in [0.2, 0.25) is 0 Å². The van der Waals surface area contributed by atoms with Gasteiger partial charge in [0.1, 0.15) is 10.6 Å². The highest BCUT2D eigenvalue weighted by Crippen LogP contribution is 2.31. The van der Waals surface area contributed by atoms with Crippen molar-refractivity contribution in [1.82, 2.24) is 9.62 Å². The molecule has 1 N–H and O–H groups in total. The molecule has 0 saturated carbocycles. The summed E-state index contributed by atoms with van der Waals surface area (Å²) in [5.41, 5.74) is -0.0416. The first-order chi connectivity index (χ1) is 12.4. The largest absolute Gasteiger partial charge is 0.495 e. The molecule has 1 aliphatic heterocycles. The van der Waals surface area contributed by atoms with Gasteiger partial charge in [-0.05, 0) is 56.7 Å². The van der Waals surface area contributed by atoms with E-state index in [1.165, 1.54) is 17.5 Å². The Hall–Kier alpha value is -1.60. The Morgan fingerprint density at radius 1 is 1.15 bits per heavy atom. The Labute approximate surface area is 163 Å². The van der Waals surface area contributed by atoms with Crippen LogP contribution in [0.15, 0.2) is 23.1 Å². The summed E-state index contributed by atoms with van der Waals surface area (Å²) in [4.78, 5) is 12.8. The zero-order chi connectivity index (χ0) is 20.5. The van der Waals surface area contributed by atoms with Gasteiger partial charge in [-0.25, -0.2) is 8.42 Å². The molecule has 0 bridgehead atoms. The van der Waals surface area contributed by atoms with Crippen LogP contribution in [0.1, 0.15) is 64.2 Å². The fourth-order valence-corrected chi connectivity index (χ4v) is 5.54. The lowest BCUT2D eigenvalue weighted by Gasteiger charge is -2.33. The maximum absolute atomic E-state index is 13.0. The Morgan fingerprint density at radius 3 is 2.26 bits per heavy atom. The number of methoxy groups -OCH3 is 1. The van der Waals surface area contributed by atoms with E-state index < -0.39 is 15.6 Å². The van der Waals surface area contributed by atoms with E-state index in [2.05, 4.69) is 26.1 Å². The number of benzene rings is 1. The molecule has 0 atom stereocenters. The summed E-state index contributed by atoms with van der Waals surface area (Å²) in [6, 6.07) is 4.58. The second-order valence-electron chi connectivity index (χ2n) is 9.05. The lowest BCUT2D eigenvalue weighted by Crippen LogP contribution is -2.45. The zero-order valence-electron chi connectivity index (χ0n) is 17.3. The van der Waals surface area contributed by atoms with Crippen LogP contribution in [-0.4, -0.2) is 44.4 Å². The van der Waals surface area contributed by atoms with Crippen molar-refractivity contribution in [2.45, 2.75) is 64.3 Å². The van der Waals surface area contributed by atoms with Crippen LogP contribution >= 0.6 is 0 Å². The average molecular weight is 397 g/mol. The van der Waals surface area contributed by atoms with Gasteiger partial charge in [0.15, 0.2) is 0 Å². The molecule has 1 heterocycles. The molecule has 0 unspecified atom stereocenters. The summed E-state index contributed by atoms with van der Waals surface area (Å²) < 4.78 is 32.7. The van der Waals surface area contributed by atoms with Gasteiger partial charge in [0.05, 0.1) is 7.11 Å². The Bertz CT molecular complexity index is 789. The smallest absolute Gasteiger partial charge is 0.251 e. The van der Waals surface area contributed by atoms with Crippen LogP contribution in [0.5, 0.6) is 5.75 Å². The number of rotatable bonds is 6. The fraction of sp³-hybridized carbons (Fsp3) is 0.650.